The van der Waals surface area contributed by atoms with Crippen molar-refractivity contribution in [2.24, 2.45) is 5.92 Å². The second-order valence-corrected chi connectivity index (χ2v) is 7.94. The van der Waals surface area contributed by atoms with Gasteiger partial charge in [0.15, 0.2) is 5.58 Å². The quantitative estimate of drug-likeness (QED) is 0.808. The number of amides is 1. The third-order valence-electron chi connectivity index (χ3n) is 5.41. The van der Waals surface area contributed by atoms with Crippen LogP contribution in [0.1, 0.15) is 40.5 Å². The zero-order valence-corrected chi connectivity index (χ0v) is 16.9. The molecule has 2 heterocycles. The van der Waals surface area contributed by atoms with E-state index in [1.807, 2.05) is 24.3 Å². The zero-order valence-electron chi connectivity index (χ0n) is 16.9. The van der Waals surface area contributed by atoms with Gasteiger partial charge >= 0.3 is 0 Å². The Hall–Kier alpha value is -2.08. The molecule has 1 fully saturated rings. The van der Waals surface area contributed by atoms with E-state index in [1.165, 1.54) is 0 Å². The Bertz CT molecular complexity index is 706. The first-order valence-corrected chi connectivity index (χ1v) is 10.1. The lowest BCUT2D eigenvalue weighted by atomic mass is 9.96. The van der Waals surface area contributed by atoms with Gasteiger partial charge in [0.2, 0.25) is 5.91 Å². The SMILES string of the molecule is CC(C)N(CCNC(=O)C1CCN(c2nc3ccccc3o2)CC1)C(C)C. The van der Waals surface area contributed by atoms with Gasteiger partial charge in [-0.25, -0.2) is 0 Å². The fourth-order valence-electron chi connectivity index (χ4n) is 3.89. The van der Waals surface area contributed by atoms with E-state index < -0.39 is 0 Å². The van der Waals surface area contributed by atoms with Crippen molar-refractivity contribution in [3.63, 3.8) is 0 Å². The number of benzene rings is 1. The Morgan fingerprint density at radius 3 is 2.52 bits per heavy atom. The number of nitrogens with zero attached hydrogens (tertiary/aromatic N) is 3. The average Bonchev–Trinajstić information content (AvgIpc) is 3.08. The first-order valence-electron chi connectivity index (χ1n) is 10.1. The second-order valence-electron chi connectivity index (χ2n) is 7.94. The molecule has 0 unspecified atom stereocenters. The molecular weight excluding hydrogens is 340 g/mol. The number of carbonyl (C=O) groups is 1. The van der Waals surface area contributed by atoms with Crippen LogP contribution in [0.4, 0.5) is 6.01 Å². The molecule has 1 aliphatic rings. The Labute approximate surface area is 161 Å². The minimum atomic E-state index is 0.0807. The van der Waals surface area contributed by atoms with Crippen LogP contribution in [-0.2, 0) is 4.79 Å². The zero-order chi connectivity index (χ0) is 19.4. The number of piperidine rings is 1. The van der Waals surface area contributed by atoms with E-state index in [0.717, 1.165) is 43.6 Å². The van der Waals surface area contributed by atoms with Crippen molar-refractivity contribution < 1.29 is 9.21 Å². The van der Waals surface area contributed by atoms with Crippen LogP contribution < -0.4 is 10.2 Å². The minimum absolute atomic E-state index is 0.0807. The molecule has 27 heavy (non-hydrogen) atoms. The van der Waals surface area contributed by atoms with Crippen molar-refractivity contribution in [3.05, 3.63) is 24.3 Å². The summed E-state index contributed by atoms with van der Waals surface area (Å²) >= 11 is 0. The molecule has 1 amide bonds. The third kappa shape index (κ3) is 4.80. The van der Waals surface area contributed by atoms with Crippen molar-refractivity contribution in [2.45, 2.75) is 52.6 Å². The molecule has 0 spiro atoms. The maximum atomic E-state index is 12.5. The lowest BCUT2D eigenvalue weighted by Crippen LogP contribution is -2.45. The summed E-state index contributed by atoms with van der Waals surface area (Å²) in [6.45, 7) is 12.0. The molecule has 6 nitrogen and oxygen atoms in total. The van der Waals surface area contributed by atoms with Crippen molar-refractivity contribution in [2.75, 3.05) is 31.1 Å². The van der Waals surface area contributed by atoms with Gasteiger partial charge in [0.1, 0.15) is 5.52 Å². The number of nitrogens with one attached hydrogen (secondary N) is 1. The summed E-state index contributed by atoms with van der Waals surface area (Å²) in [5, 5.41) is 3.13. The number of anilines is 1. The Balaban J connectivity index is 1.46. The number of aromatic nitrogens is 1. The number of oxazole rings is 1. The topological polar surface area (TPSA) is 61.6 Å². The predicted molar refractivity (Wildman–Crippen MR) is 109 cm³/mol. The third-order valence-corrected chi connectivity index (χ3v) is 5.41. The maximum absolute atomic E-state index is 12.5. The van der Waals surface area contributed by atoms with Gasteiger partial charge in [0, 0.05) is 44.2 Å². The second kappa shape index (κ2) is 8.74. The van der Waals surface area contributed by atoms with Crippen molar-refractivity contribution in [3.8, 4) is 0 Å². The summed E-state index contributed by atoms with van der Waals surface area (Å²) in [7, 11) is 0. The van der Waals surface area contributed by atoms with Crippen LogP contribution in [0.3, 0.4) is 0 Å². The van der Waals surface area contributed by atoms with Gasteiger partial charge in [-0.1, -0.05) is 12.1 Å². The maximum Gasteiger partial charge on any atom is 0.298 e. The van der Waals surface area contributed by atoms with E-state index in [0.29, 0.717) is 24.6 Å². The Morgan fingerprint density at radius 2 is 1.89 bits per heavy atom. The van der Waals surface area contributed by atoms with E-state index in [-0.39, 0.29) is 11.8 Å². The van der Waals surface area contributed by atoms with Crippen LogP contribution in [0.5, 0.6) is 0 Å². The first kappa shape index (κ1) is 19.7. The number of para-hydroxylation sites is 2. The van der Waals surface area contributed by atoms with E-state index in [4.69, 9.17) is 4.42 Å². The van der Waals surface area contributed by atoms with Crippen LogP contribution in [0.2, 0.25) is 0 Å². The van der Waals surface area contributed by atoms with Crippen molar-refractivity contribution >= 4 is 23.0 Å². The molecule has 1 aliphatic heterocycles. The summed E-state index contributed by atoms with van der Waals surface area (Å²) < 4.78 is 5.85. The molecule has 1 saturated heterocycles. The van der Waals surface area contributed by atoms with Gasteiger partial charge in [-0.3, -0.25) is 9.69 Å². The van der Waals surface area contributed by atoms with E-state index in [1.54, 1.807) is 0 Å². The lowest BCUT2D eigenvalue weighted by molar-refractivity contribution is -0.125. The van der Waals surface area contributed by atoms with Gasteiger partial charge < -0.3 is 14.6 Å². The van der Waals surface area contributed by atoms with Crippen LogP contribution in [-0.4, -0.2) is 54.1 Å². The molecule has 0 aliphatic carbocycles. The molecule has 0 radical (unpaired) electrons. The van der Waals surface area contributed by atoms with E-state index in [2.05, 4.69) is 47.8 Å². The number of hydrogen-bond acceptors (Lipinski definition) is 5. The molecule has 0 bridgehead atoms. The number of carbonyl (C=O) groups excluding carboxylic acids is 1. The number of hydrogen-bond donors (Lipinski definition) is 1. The fraction of sp³-hybridized carbons (Fsp3) is 0.619. The van der Waals surface area contributed by atoms with Crippen LogP contribution >= 0.6 is 0 Å². The number of fused-ring (bicyclic) bond motifs is 1. The fourth-order valence-corrected chi connectivity index (χ4v) is 3.89. The Morgan fingerprint density at radius 1 is 1.22 bits per heavy atom. The van der Waals surface area contributed by atoms with Crippen molar-refractivity contribution in [1.29, 1.82) is 0 Å². The smallest absolute Gasteiger partial charge is 0.298 e. The van der Waals surface area contributed by atoms with Crippen LogP contribution in [0.25, 0.3) is 11.1 Å². The normalized spacial score (nSPS) is 16.0. The highest BCUT2D eigenvalue weighted by Crippen LogP contribution is 2.26. The predicted octanol–water partition coefficient (Wildman–Crippen LogP) is 3.28. The first-order chi connectivity index (χ1) is 13.0. The minimum Gasteiger partial charge on any atom is -0.423 e. The molecule has 0 atom stereocenters. The van der Waals surface area contributed by atoms with Gasteiger partial charge in [-0.15, -0.1) is 0 Å². The summed E-state index contributed by atoms with van der Waals surface area (Å²) in [6, 6.07) is 9.45. The largest absolute Gasteiger partial charge is 0.423 e. The summed E-state index contributed by atoms with van der Waals surface area (Å²) in [6.07, 6.45) is 1.67. The highest BCUT2D eigenvalue weighted by Gasteiger charge is 2.27. The molecule has 2 aromatic rings. The van der Waals surface area contributed by atoms with E-state index in [9.17, 15) is 4.79 Å². The lowest BCUT2D eigenvalue weighted by Gasteiger charge is -2.32. The molecule has 3 rings (SSSR count). The molecule has 6 heteroatoms. The number of rotatable bonds is 7. The molecule has 1 aromatic heterocycles. The Kier molecular flexibility index (Phi) is 6.37. The van der Waals surface area contributed by atoms with Gasteiger partial charge in [-0.05, 0) is 52.7 Å². The van der Waals surface area contributed by atoms with Crippen LogP contribution in [0, 0.1) is 5.92 Å². The molecule has 148 valence electrons. The van der Waals surface area contributed by atoms with Gasteiger partial charge in [0.25, 0.3) is 6.01 Å². The highest BCUT2D eigenvalue weighted by atomic mass is 16.4. The summed E-state index contributed by atoms with van der Waals surface area (Å²) in [4.78, 5) is 21.6. The summed E-state index contributed by atoms with van der Waals surface area (Å²) in [5.74, 6) is 0.261. The standard InChI is InChI=1S/C21H32N4O2/c1-15(2)25(16(3)4)14-11-22-20(26)17-9-12-24(13-10-17)21-23-18-7-5-6-8-19(18)27-21/h5-8,15-17H,9-14H2,1-4H3,(H,22,26). The monoisotopic (exact) mass is 372 g/mol. The highest BCUT2D eigenvalue weighted by molar-refractivity contribution is 5.79. The average molecular weight is 373 g/mol. The summed E-state index contributed by atoms with van der Waals surface area (Å²) in [5.41, 5.74) is 1.69. The van der Waals surface area contributed by atoms with Crippen LogP contribution in [0.15, 0.2) is 28.7 Å². The molecule has 0 saturated carbocycles. The van der Waals surface area contributed by atoms with E-state index >= 15 is 0 Å². The molecular formula is C21H32N4O2. The van der Waals surface area contributed by atoms with Crippen molar-refractivity contribution in [1.82, 2.24) is 15.2 Å². The molecule has 1 N–H and O–H groups in total. The molecule has 1 aromatic carbocycles. The van der Waals surface area contributed by atoms with Gasteiger partial charge in [0.05, 0.1) is 0 Å². The van der Waals surface area contributed by atoms with Gasteiger partial charge in [-0.2, -0.15) is 4.98 Å².